The number of fused-ring (bicyclic) bond motifs is 1. The summed E-state index contributed by atoms with van der Waals surface area (Å²) in [5.74, 6) is -0.912. The van der Waals surface area contributed by atoms with Gasteiger partial charge in [0.15, 0.2) is 11.8 Å². The average molecular weight is 532 g/mol. The first-order valence-corrected chi connectivity index (χ1v) is 12.9. The van der Waals surface area contributed by atoms with Crippen molar-refractivity contribution in [3.63, 3.8) is 0 Å². The maximum atomic E-state index is 14.2. The largest absolute Gasteiger partial charge is 0.351 e. The van der Waals surface area contributed by atoms with Gasteiger partial charge in [-0.1, -0.05) is 35.9 Å². The van der Waals surface area contributed by atoms with E-state index in [9.17, 15) is 14.4 Å². The van der Waals surface area contributed by atoms with E-state index in [-0.39, 0.29) is 13.0 Å². The second kappa shape index (κ2) is 12.5. The Balaban J connectivity index is 1.69. The van der Waals surface area contributed by atoms with Crippen molar-refractivity contribution in [3.8, 4) is 0 Å². The van der Waals surface area contributed by atoms with Gasteiger partial charge in [-0.05, 0) is 51.1 Å². The molecule has 0 spiro atoms. The number of nitrogens with one attached hydrogen (secondary N) is 3. The highest BCUT2D eigenvalue weighted by Crippen LogP contribution is 2.43. The molecule has 3 N–H and O–H groups in total. The Kier molecular flexibility index (Phi) is 8.90. The number of nitrogens with zero attached hydrogens (tertiary/aromatic N) is 2. The van der Waals surface area contributed by atoms with Crippen LogP contribution in [0.4, 0.5) is 21.9 Å². The van der Waals surface area contributed by atoms with Crippen molar-refractivity contribution in [2.75, 3.05) is 35.3 Å². The lowest BCUT2D eigenvalue weighted by Gasteiger charge is -2.30. The molecule has 0 saturated carbocycles. The predicted octanol–water partition coefficient (Wildman–Crippen LogP) is 4.18. The van der Waals surface area contributed by atoms with Crippen LogP contribution < -0.4 is 20.9 Å². The Morgan fingerprint density at radius 2 is 1.56 bits per heavy atom. The summed E-state index contributed by atoms with van der Waals surface area (Å²) in [7, 11) is 0. The maximum absolute atomic E-state index is 14.2. The highest BCUT2D eigenvalue weighted by molar-refractivity contribution is 6.12. The second-order valence-electron chi connectivity index (χ2n) is 9.08. The van der Waals surface area contributed by atoms with Crippen LogP contribution in [0.5, 0.6) is 0 Å². The first-order chi connectivity index (χ1) is 18.9. The molecule has 0 bridgehead atoms. The third-order valence-electron chi connectivity index (χ3n) is 6.33. The number of rotatable bonds is 11. The molecule has 204 valence electrons. The van der Waals surface area contributed by atoms with E-state index >= 15 is 0 Å². The monoisotopic (exact) mass is 531 g/mol. The molecule has 10 heteroatoms. The zero-order chi connectivity index (χ0) is 27.8. The van der Waals surface area contributed by atoms with E-state index in [4.69, 9.17) is 9.47 Å². The van der Waals surface area contributed by atoms with Crippen molar-refractivity contribution in [1.82, 2.24) is 10.3 Å². The minimum Gasteiger partial charge on any atom is -0.351 e. The zero-order valence-corrected chi connectivity index (χ0v) is 22.3. The van der Waals surface area contributed by atoms with Gasteiger partial charge in [0.2, 0.25) is 5.91 Å². The number of aryl methyl sites for hydroxylation is 1. The van der Waals surface area contributed by atoms with Crippen LogP contribution in [0.25, 0.3) is 0 Å². The molecule has 0 unspecified atom stereocenters. The van der Waals surface area contributed by atoms with Gasteiger partial charge in [-0.3, -0.25) is 14.6 Å². The van der Waals surface area contributed by atoms with Gasteiger partial charge in [0.1, 0.15) is 0 Å². The van der Waals surface area contributed by atoms with Gasteiger partial charge in [-0.25, -0.2) is 4.79 Å². The van der Waals surface area contributed by atoms with Crippen molar-refractivity contribution >= 4 is 34.9 Å². The quantitative estimate of drug-likeness (QED) is 0.319. The number of hydrogen-bond acceptors (Lipinski definition) is 6. The molecule has 1 aliphatic heterocycles. The van der Waals surface area contributed by atoms with Gasteiger partial charge in [-0.2, -0.15) is 0 Å². The molecule has 0 aliphatic carbocycles. The highest BCUT2D eigenvalue weighted by Gasteiger charge is 2.53. The molecular weight excluding hydrogens is 498 g/mol. The van der Waals surface area contributed by atoms with Crippen molar-refractivity contribution in [2.45, 2.75) is 39.0 Å². The van der Waals surface area contributed by atoms with Crippen LogP contribution in [0.15, 0.2) is 73.1 Å². The highest BCUT2D eigenvalue weighted by atomic mass is 16.7. The Labute approximate surface area is 227 Å². The van der Waals surface area contributed by atoms with Crippen molar-refractivity contribution in [2.24, 2.45) is 0 Å². The van der Waals surface area contributed by atoms with Crippen molar-refractivity contribution in [1.29, 1.82) is 0 Å². The molecule has 0 saturated heterocycles. The summed E-state index contributed by atoms with van der Waals surface area (Å²) < 4.78 is 11.4. The normalized spacial score (nSPS) is 16.2. The molecule has 0 fully saturated rings. The van der Waals surface area contributed by atoms with Gasteiger partial charge in [0, 0.05) is 42.5 Å². The lowest BCUT2D eigenvalue weighted by molar-refractivity contribution is -0.138. The third-order valence-corrected chi connectivity index (χ3v) is 6.33. The standard InChI is InChI=1S/C29H33N5O5/c1-4-38-26(39-5-2)19-34-24-9-7-6-8-23(24)29(27(34)36,18-25(35)31-22-14-16-30-17-15-22)33-28(37)32-21-12-10-20(3)11-13-21/h6-17,26H,4-5,18-19H2,1-3H3,(H,30,31,35)(H2,32,33,37)/t29-/m0/s1. The third kappa shape index (κ3) is 6.42. The van der Waals surface area contributed by atoms with Crippen LogP contribution in [0.3, 0.4) is 0 Å². The molecule has 39 heavy (non-hydrogen) atoms. The molecule has 1 aromatic heterocycles. The molecule has 4 amide bonds. The van der Waals surface area contributed by atoms with Crippen LogP contribution in [0.2, 0.25) is 0 Å². The number of para-hydroxylation sites is 1. The molecular formula is C29H33N5O5. The molecule has 2 aromatic carbocycles. The first-order valence-electron chi connectivity index (χ1n) is 12.9. The molecule has 0 radical (unpaired) electrons. The van der Waals surface area contributed by atoms with Crippen molar-refractivity contribution < 1.29 is 23.9 Å². The number of pyridine rings is 1. The van der Waals surface area contributed by atoms with Gasteiger partial charge < -0.3 is 30.3 Å². The van der Waals surface area contributed by atoms with E-state index < -0.39 is 29.7 Å². The van der Waals surface area contributed by atoms with E-state index in [0.29, 0.717) is 35.8 Å². The van der Waals surface area contributed by atoms with Crippen molar-refractivity contribution in [3.05, 3.63) is 84.2 Å². The Morgan fingerprint density at radius 3 is 2.23 bits per heavy atom. The fourth-order valence-electron chi connectivity index (χ4n) is 4.59. The SMILES string of the molecule is CCOC(CN1C(=O)[C@@](CC(=O)Nc2ccncc2)(NC(=O)Nc2ccc(C)cc2)c2ccccc21)OCC. The number of benzene rings is 2. The van der Waals surface area contributed by atoms with Crippen LogP contribution >= 0.6 is 0 Å². The average Bonchev–Trinajstić information content (AvgIpc) is 3.13. The number of amides is 4. The fraction of sp³-hybridized carbons (Fsp3) is 0.310. The number of aromatic nitrogens is 1. The minimum atomic E-state index is -1.68. The fourth-order valence-corrected chi connectivity index (χ4v) is 4.59. The summed E-state index contributed by atoms with van der Waals surface area (Å²) in [6, 6.07) is 17.0. The molecule has 1 atom stereocenters. The Hall–Kier alpha value is -4.28. The molecule has 10 nitrogen and oxygen atoms in total. The van der Waals surface area contributed by atoms with Gasteiger partial charge >= 0.3 is 6.03 Å². The van der Waals surface area contributed by atoms with E-state index in [0.717, 1.165) is 5.56 Å². The number of ether oxygens (including phenoxy) is 2. The first kappa shape index (κ1) is 27.7. The summed E-state index contributed by atoms with van der Waals surface area (Å²) in [4.78, 5) is 46.3. The number of hydrogen-bond donors (Lipinski definition) is 3. The second-order valence-corrected chi connectivity index (χ2v) is 9.08. The molecule has 3 aromatic rings. The number of carbonyl (C=O) groups is 3. The predicted molar refractivity (Wildman–Crippen MR) is 148 cm³/mol. The Morgan fingerprint density at radius 1 is 0.923 bits per heavy atom. The summed E-state index contributed by atoms with van der Waals surface area (Å²) in [5.41, 5.74) is 1.52. The van der Waals surface area contributed by atoms with Crippen LogP contribution in [0, 0.1) is 6.92 Å². The number of anilines is 3. The van der Waals surface area contributed by atoms with Gasteiger partial charge in [0.05, 0.1) is 18.7 Å². The summed E-state index contributed by atoms with van der Waals surface area (Å²) in [5, 5.41) is 8.43. The zero-order valence-electron chi connectivity index (χ0n) is 22.3. The minimum absolute atomic E-state index is 0.0898. The maximum Gasteiger partial charge on any atom is 0.320 e. The van der Waals surface area contributed by atoms with Gasteiger partial charge in [-0.15, -0.1) is 0 Å². The van der Waals surface area contributed by atoms with E-state index in [1.54, 1.807) is 60.9 Å². The number of urea groups is 1. The topological polar surface area (TPSA) is 122 Å². The lowest BCUT2D eigenvalue weighted by Crippen LogP contribution is -2.56. The van der Waals surface area contributed by atoms with E-state index in [1.165, 1.54) is 4.90 Å². The van der Waals surface area contributed by atoms with Crippen LogP contribution in [0.1, 0.15) is 31.4 Å². The Bertz CT molecular complexity index is 1290. The van der Waals surface area contributed by atoms with E-state index in [2.05, 4.69) is 20.9 Å². The molecule has 1 aliphatic rings. The van der Waals surface area contributed by atoms with Crippen LogP contribution in [-0.2, 0) is 24.6 Å². The lowest BCUT2D eigenvalue weighted by atomic mass is 9.87. The summed E-state index contributed by atoms with van der Waals surface area (Å²) in [6.07, 6.45) is 2.09. The summed E-state index contributed by atoms with van der Waals surface area (Å²) in [6.45, 7) is 6.51. The smallest absolute Gasteiger partial charge is 0.320 e. The van der Waals surface area contributed by atoms with Gasteiger partial charge in [0.25, 0.3) is 5.91 Å². The number of carbonyl (C=O) groups excluding carboxylic acids is 3. The van der Waals surface area contributed by atoms with Crippen LogP contribution in [-0.4, -0.2) is 48.9 Å². The molecule has 2 heterocycles. The van der Waals surface area contributed by atoms with E-state index in [1.807, 2.05) is 32.9 Å². The molecule has 4 rings (SSSR count). The summed E-state index contributed by atoms with van der Waals surface area (Å²) >= 11 is 0.